The van der Waals surface area contributed by atoms with Crippen LogP contribution in [0.2, 0.25) is 0 Å². The summed E-state index contributed by atoms with van der Waals surface area (Å²) >= 11 is 1.28. The molecular formula is C15H19FN2O2S. The molecule has 0 aliphatic heterocycles. The van der Waals surface area contributed by atoms with Crippen molar-refractivity contribution in [3.8, 4) is 0 Å². The van der Waals surface area contributed by atoms with E-state index in [1.165, 1.54) is 48.9 Å². The minimum Gasteiger partial charge on any atom is -0.353 e. The van der Waals surface area contributed by atoms with Gasteiger partial charge in [0.25, 0.3) is 0 Å². The predicted octanol–water partition coefficient (Wildman–Crippen LogP) is 2.56. The van der Waals surface area contributed by atoms with Gasteiger partial charge in [0.05, 0.1) is 11.5 Å². The van der Waals surface area contributed by atoms with Gasteiger partial charge in [-0.3, -0.25) is 9.59 Å². The molecule has 1 saturated carbocycles. The Morgan fingerprint density at radius 2 is 1.71 bits per heavy atom. The van der Waals surface area contributed by atoms with Gasteiger partial charge in [-0.15, -0.1) is 11.8 Å². The van der Waals surface area contributed by atoms with Gasteiger partial charge >= 0.3 is 0 Å². The van der Waals surface area contributed by atoms with Gasteiger partial charge in [-0.2, -0.15) is 0 Å². The average molecular weight is 310 g/mol. The van der Waals surface area contributed by atoms with Gasteiger partial charge in [0.15, 0.2) is 0 Å². The van der Waals surface area contributed by atoms with Crippen molar-refractivity contribution in [3.05, 3.63) is 30.1 Å². The monoisotopic (exact) mass is 310 g/mol. The van der Waals surface area contributed by atoms with Gasteiger partial charge in [0.1, 0.15) is 5.82 Å². The number of carbonyl (C=O) groups excluding carboxylic acids is 2. The Bertz CT molecular complexity index is 487. The smallest absolute Gasteiger partial charge is 0.234 e. The predicted molar refractivity (Wildman–Crippen MR) is 82.8 cm³/mol. The van der Waals surface area contributed by atoms with Crippen LogP contribution in [0, 0.1) is 5.82 Å². The SMILES string of the molecule is O=C(CSCC(=O)NC1CCCC1)Nc1ccc(F)cc1. The number of halogens is 1. The number of rotatable bonds is 6. The molecule has 1 aliphatic carbocycles. The van der Waals surface area contributed by atoms with Crippen LogP contribution in [0.1, 0.15) is 25.7 Å². The summed E-state index contributed by atoms with van der Waals surface area (Å²) in [7, 11) is 0. The Morgan fingerprint density at radius 1 is 1.10 bits per heavy atom. The molecule has 0 atom stereocenters. The molecule has 2 rings (SSSR count). The Hall–Kier alpha value is -1.56. The summed E-state index contributed by atoms with van der Waals surface area (Å²) in [5, 5.41) is 5.63. The maximum atomic E-state index is 12.7. The van der Waals surface area contributed by atoms with Crippen LogP contribution in [-0.4, -0.2) is 29.4 Å². The second kappa shape index (κ2) is 8.02. The van der Waals surface area contributed by atoms with Crippen LogP contribution in [0.25, 0.3) is 0 Å². The Labute approximate surface area is 127 Å². The quantitative estimate of drug-likeness (QED) is 0.849. The van der Waals surface area contributed by atoms with Crippen molar-refractivity contribution in [2.45, 2.75) is 31.7 Å². The summed E-state index contributed by atoms with van der Waals surface area (Å²) in [4.78, 5) is 23.3. The summed E-state index contributed by atoms with van der Waals surface area (Å²) in [6, 6.07) is 5.90. The van der Waals surface area contributed by atoms with Crippen molar-refractivity contribution in [1.82, 2.24) is 5.32 Å². The van der Waals surface area contributed by atoms with E-state index >= 15 is 0 Å². The van der Waals surface area contributed by atoms with E-state index in [-0.39, 0.29) is 29.1 Å². The first-order chi connectivity index (χ1) is 10.1. The molecule has 1 aromatic rings. The van der Waals surface area contributed by atoms with Gasteiger partial charge < -0.3 is 10.6 Å². The van der Waals surface area contributed by atoms with Gasteiger partial charge in [-0.05, 0) is 37.1 Å². The molecule has 0 saturated heterocycles. The third-order valence-corrected chi connectivity index (χ3v) is 4.25. The lowest BCUT2D eigenvalue weighted by Crippen LogP contribution is -2.34. The Balaban J connectivity index is 1.62. The van der Waals surface area contributed by atoms with Crippen molar-refractivity contribution in [3.63, 3.8) is 0 Å². The van der Waals surface area contributed by atoms with E-state index in [0.29, 0.717) is 11.7 Å². The molecule has 0 heterocycles. The first-order valence-corrected chi connectivity index (χ1v) is 8.21. The topological polar surface area (TPSA) is 58.2 Å². The highest BCUT2D eigenvalue weighted by atomic mass is 32.2. The molecule has 4 nitrogen and oxygen atoms in total. The number of thioether (sulfide) groups is 1. The Morgan fingerprint density at radius 3 is 2.38 bits per heavy atom. The fourth-order valence-corrected chi connectivity index (χ4v) is 2.93. The number of anilines is 1. The lowest BCUT2D eigenvalue weighted by Gasteiger charge is -2.11. The molecule has 0 bridgehead atoms. The van der Waals surface area contributed by atoms with E-state index in [1.807, 2.05) is 0 Å². The number of amides is 2. The normalized spacial score (nSPS) is 14.9. The van der Waals surface area contributed by atoms with Crippen molar-refractivity contribution in [1.29, 1.82) is 0 Å². The Kier molecular flexibility index (Phi) is 6.04. The maximum Gasteiger partial charge on any atom is 0.234 e. The number of benzene rings is 1. The summed E-state index contributed by atoms with van der Waals surface area (Å²) in [6.45, 7) is 0. The molecule has 0 spiro atoms. The minimum atomic E-state index is -0.342. The van der Waals surface area contributed by atoms with Crippen LogP contribution in [0.15, 0.2) is 24.3 Å². The largest absolute Gasteiger partial charge is 0.353 e. The molecule has 21 heavy (non-hydrogen) atoms. The lowest BCUT2D eigenvalue weighted by atomic mass is 10.2. The zero-order valence-corrected chi connectivity index (χ0v) is 12.5. The molecule has 2 amide bonds. The van der Waals surface area contributed by atoms with Crippen molar-refractivity contribution < 1.29 is 14.0 Å². The molecule has 0 unspecified atom stereocenters. The first kappa shape index (κ1) is 15.8. The van der Waals surface area contributed by atoms with E-state index in [0.717, 1.165) is 12.8 Å². The highest BCUT2D eigenvalue weighted by molar-refractivity contribution is 8.00. The highest BCUT2D eigenvalue weighted by Crippen LogP contribution is 2.17. The van der Waals surface area contributed by atoms with Crippen molar-refractivity contribution in [2.24, 2.45) is 0 Å². The van der Waals surface area contributed by atoms with Crippen LogP contribution >= 0.6 is 11.8 Å². The van der Waals surface area contributed by atoms with E-state index in [1.54, 1.807) is 0 Å². The highest BCUT2D eigenvalue weighted by Gasteiger charge is 2.17. The standard InChI is InChI=1S/C15H19FN2O2S/c16-11-5-7-13(8-6-11)18-15(20)10-21-9-14(19)17-12-3-1-2-4-12/h5-8,12H,1-4,9-10H2,(H,17,19)(H,18,20). The van der Waals surface area contributed by atoms with Gasteiger partial charge in [0, 0.05) is 11.7 Å². The molecule has 1 aliphatic rings. The van der Waals surface area contributed by atoms with Crippen LogP contribution in [0.5, 0.6) is 0 Å². The molecule has 1 fully saturated rings. The van der Waals surface area contributed by atoms with Crippen LogP contribution in [0.3, 0.4) is 0 Å². The summed E-state index contributed by atoms with van der Waals surface area (Å²) < 4.78 is 12.7. The van der Waals surface area contributed by atoms with Crippen molar-refractivity contribution >= 4 is 29.3 Å². The maximum absolute atomic E-state index is 12.7. The second-order valence-corrected chi connectivity index (χ2v) is 6.08. The average Bonchev–Trinajstić information content (AvgIpc) is 2.94. The fourth-order valence-electron chi connectivity index (χ4n) is 2.31. The van der Waals surface area contributed by atoms with Gasteiger partial charge in [0.2, 0.25) is 11.8 Å². The lowest BCUT2D eigenvalue weighted by molar-refractivity contribution is -0.119. The molecule has 6 heteroatoms. The van der Waals surface area contributed by atoms with Crippen LogP contribution < -0.4 is 10.6 Å². The number of nitrogens with one attached hydrogen (secondary N) is 2. The summed E-state index contributed by atoms with van der Waals surface area (Å²) in [5.41, 5.74) is 0.553. The van der Waals surface area contributed by atoms with Gasteiger partial charge in [-0.25, -0.2) is 4.39 Å². The van der Waals surface area contributed by atoms with E-state index < -0.39 is 0 Å². The molecule has 2 N–H and O–H groups in total. The molecule has 1 aromatic carbocycles. The molecule has 114 valence electrons. The molecule has 0 radical (unpaired) electrons. The number of hydrogen-bond donors (Lipinski definition) is 2. The van der Waals surface area contributed by atoms with E-state index in [4.69, 9.17) is 0 Å². The number of hydrogen-bond acceptors (Lipinski definition) is 3. The zero-order valence-electron chi connectivity index (χ0n) is 11.7. The van der Waals surface area contributed by atoms with E-state index in [2.05, 4.69) is 10.6 Å². The summed E-state index contributed by atoms with van der Waals surface area (Å²) in [6.07, 6.45) is 4.47. The van der Waals surface area contributed by atoms with Crippen LogP contribution in [0.4, 0.5) is 10.1 Å². The number of carbonyl (C=O) groups is 2. The third-order valence-electron chi connectivity index (χ3n) is 3.31. The molecule has 0 aromatic heterocycles. The summed E-state index contributed by atoms with van der Waals surface area (Å²) in [5.74, 6) is -0.0595. The third kappa shape index (κ3) is 5.75. The minimum absolute atomic E-state index is 0.0125. The van der Waals surface area contributed by atoms with Gasteiger partial charge in [-0.1, -0.05) is 12.8 Å². The second-order valence-electron chi connectivity index (χ2n) is 5.10. The van der Waals surface area contributed by atoms with Crippen LogP contribution in [-0.2, 0) is 9.59 Å². The molecular weight excluding hydrogens is 291 g/mol. The zero-order chi connectivity index (χ0) is 15.1. The first-order valence-electron chi connectivity index (χ1n) is 7.06. The van der Waals surface area contributed by atoms with Crippen molar-refractivity contribution in [2.75, 3.05) is 16.8 Å². The van der Waals surface area contributed by atoms with E-state index in [9.17, 15) is 14.0 Å². The fraction of sp³-hybridized carbons (Fsp3) is 0.467.